The summed E-state index contributed by atoms with van der Waals surface area (Å²) in [7, 11) is 4.27. The topological polar surface area (TPSA) is 15.3 Å². The van der Waals surface area contributed by atoms with Crippen molar-refractivity contribution in [2.45, 2.75) is 45.4 Å². The van der Waals surface area contributed by atoms with E-state index in [9.17, 15) is 0 Å². The molecule has 0 aliphatic carbocycles. The van der Waals surface area contributed by atoms with Gasteiger partial charge < -0.3 is 10.0 Å². The highest BCUT2D eigenvalue weighted by Gasteiger charge is 1.96. The van der Waals surface area contributed by atoms with Gasteiger partial charge in [-0.25, -0.2) is 0 Å². The molecule has 0 bridgehead atoms. The number of nitrogens with one attached hydrogen (secondary N) is 1. The van der Waals surface area contributed by atoms with Gasteiger partial charge in [-0.2, -0.15) is 0 Å². The summed E-state index contributed by atoms with van der Waals surface area (Å²) >= 11 is 0. The van der Waals surface area contributed by atoms with E-state index in [1.165, 1.54) is 58.2 Å². The lowest BCUT2D eigenvalue weighted by Crippen LogP contribution is -2.22. The minimum absolute atomic E-state index is 1.17. The lowest BCUT2D eigenvalue weighted by atomic mass is 10.1. The van der Waals surface area contributed by atoms with Gasteiger partial charge in [0.1, 0.15) is 0 Å². The molecule has 82 valence electrons. The fraction of sp³-hybridized carbons (Fsp3) is 1.00. The highest BCUT2D eigenvalue weighted by molar-refractivity contribution is 6.04. The molecule has 0 atom stereocenters. The maximum atomic E-state index is 3.18. The normalized spacial score (nSPS) is 11.0. The second-order valence-electron chi connectivity index (χ2n) is 4.17. The summed E-state index contributed by atoms with van der Waals surface area (Å²) in [6, 6.07) is 0. The van der Waals surface area contributed by atoms with Gasteiger partial charge in [0.15, 0.2) is 16.0 Å². The van der Waals surface area contributed by atoms with Gasteiger partial charge >= 0.3 is 0 Å². The van der Waals surface area contributed by atoms with E-state index >= 15 is 0 Å². The van der Waals surface area contributed by atoms with E-state index in [1.807, 2.05) is 7.98 Å². The SMILES string of the molecule is BNCCCCCN(B)CCCCC. The summed E-state index contributed by atoms with van der Waals surface area (Å²) in [4.78, 5) is 2.47. The van der Waals surface area contributed by atoms with Crippen LogP contribution in [0.1, 0.15) is 45.4 Å². The van der Waals surface area contributed by atoms with Gasteiger partial charge in [0.25, 0.3) is 0 Å². The summed E-state index contributed by atoms with van der Waals surface area (Å²) in [6.07, 6.45) is 8.10. The number of hydrogen-bond donors (Lipinski definition) is 1. The number of hydrogen-bond acceptors (Lipinski definition) is 2. The summed E-state index contributed by atoms with van der Waals surface area (Å²) in [6.45, 7) is 5.98. The molecule has 0 aromatic carbocycles. The molecule has 0 saturated carbocycles. The molecule has 0 aromatic rings. The van der Waals surface area contributed by atoms with Crippen LogP contribution in [0.4, 0.5) is 0 Å². The predicted molar refractivity (Wildman–Crippen MR) is 70.0 cm³/mol. The molecule has 0 aliphatic rings. The van der Waals surface area contributed by atoms with Crippen LogP contribution in [0.3, 0.4) is 0 Å². The van der Waals surface area contributed by atoms with Crippen LogP contribution in [0, 0.1) is 0 Å². The maximum absolute atomic E-state index is 3.18. The van der Waals surface area contributed by atoms with E-state index in [0.717, 1.165) is 0 Å². The van der Waals surface area contributed by atoms with Crippen LogP contribution < -0.4 is 5.23 Å². The third-order valence-electron chi connectivity index (χ3n) is 2.61. The smallest absolute Gasteiger partial charge is 0.185 e. The minimum atomic E-state index is 1.17. The molecule has 0 aliphatic heterocycles. The molecular weight excluding hydrogens is 170 g/mol. The molecule has 0 radical (unpaired) electrons. The van der Waals surface area contributed by atoms with Crippen LogP contribution in [0.15, 0.2) is 0 Å². The van der Waals surface area contributed by atoms with Crippen molar-refractivity contribution in [1.82, 2.24) is 10.0 Å². The molecule has 0 unspecified atom stereocenters. The fourth-order valence-electron chi connectivity index (χ4n) is 1.60. The first-order valence-electron chi connectivity index (χ1n) is 6.14. The first kappa shape index (κ1) is 14.0. The van der Waals surface area contributed by atoms with Crippen molar-refractivity contribution in [2.24, 2.45) is 0 Å². The van der Waals surface area contributed by atoms with Crippen molar-refractivity contribution in [3.05, 3.63) is 0 Å². The standard InChI is InChI=1S/C10H26B2N2/c1-2-3-6-9-14(12)10-7-4-5-8-13-11/h13H,2-12H2,1H3. The van der Waals surface area contributed by atoms with Crippen molar-refractivity contribution >= 4 is 16.0 Å². The van der Waals surface area contributed by atoms with Crippen LogP contribution in [0.2, 0.25) is 0 Å². The molecule has 0 saturated heterocycles. The molecule has 0 fully saturated rings. The first-order chi connectivity index (χ1) is 6.81. The Labute approximate surface area is 91.7 Å². The van der Waals surface area contributed by atoms with E-state index in [0.29, 0.717) is 0 Å². The van der Waals surface area contributed by atoms with Crippen molar-refractivity contribution in [2.75, 3.05) is 19.6 Å². The monoisotopic (exact) mass is 196 g/mol. The molecule has 2 nitrogen and oxygen atoms in total. The predicted octanol–water partition coefficient (Wildman–Crippen LogP) is 0.335. The number of unbranched alkanes of at least 4 members (excludes halogenated alkanes) is 4. The van der Waals surface area contributed by atoms with E-state index in [2.05, 4.69) is 24.9 Å². The average molecular weight is 196 g/mol. The van der Waals surface area contributed by atoms with Gasteiger partial charge in [-0.3, -0.25) is 0 Å². The summed E-state index contributed by atoms with van der Waals surface area (Å²) in [5, 5.41) is 3.18. The van der Waals surface area contributed by atoms with Crippen LogP contribution in [0.25, 0.3) is 0 Å². The maximum Gasteiger partial charge on any atom is 0.185 e. The lowest BCUT2D eigenvalue weighted by molar-refractivity contribution is 0.417. The van der Waals surface area contributed by atoms with Gasteiger partial charge in [0, 0.05) is 0 Å². The second kappa shape index (κ2) is 11.1. The fourth-order valence-corrected chi connectivity index (χ4v) is 1.60. The Kier molecular flexibility index (Phi) is 11.2. The molecule has 0 spiro atoms. The number of nitrogens with zero attached hydrogens (tertiary/aromatic N) is 1. The third-order valence-corrected chi connectivity index (χ3v) is 2.61. The molecule has 4 heteroatoms. The highest BCUT2D eigenvalue weighted by Crippen LogP contribution is 1.99. The Hall–Kier alpha value is 0.0499. The first-order valence-corrected chi connectivity index (χ1v) is 6.14. The molecule has 0 heterocycles. The average Bonchev–Trinajstić information content (AvgIpc) is 2.18. The zero-order chi connectivity index (χ0) is 10.6. The highest BCUT2D eigenvalue weighted by atomic mass is 15.0. The molecule has 14 heavy (non-hydrogen) atoms. The second-order valence-corrected chi connectivity index (χ2v) is 4.17. The van der Waals surface area contributed by atoms with Crippen molar-refractivity contribution < 1.29 is 0 Å². The van der Waals surface area contributed by atoms with Crippen molar-refractivity contribution in [3.63, 3.8) is 0 Å². The largest absolute Gasteiger partial charge is 0.362 e. The van der Waals surface area contributed by atoms with E-state index in [4.69, 9.17) is 0 Å². The summed E-state index contributed by atoms with van der Waals surface area (Å²) in [5.74, 6) is 0. The molecule has 1 N–H and O–H groups in total. The van der Waals surface area contributed by atoms with Crippen LogP contribution >= 0.6 is 0 Å². The van der Waals surface area contributed by atoms with Gasteiger partial charge in [-0.05, 0) is 38.9 Å². The van der Waals surface area contributed by atoms with Gasteiger partial charge in [-0.1, -0.05) is 26.2 Å². The van der Waals surface area contributed by atoms with Gasteiger partial charge in [0.2, 0.25) is 0 Å². The van der Waals surface area contributed by atoms with E-state index in [1.54, 1.807) is 0 Å². The van der Waals surface area contributed by atoms with E-state index < -0.39 is 0 Å². The van der Waals surface area contributed by atoms with Crippen LogP contribution in [-0.4, -0.2) is 40.4 Å². The van der Waals surface area contributed by atoms with Crippen LogP contribution in [0.5, 0.6) is 0 Å². The Morgan fingerprint density at radius 2 is 1.64 bits per heavy atom. The van der Waals surface area contributed by atoms with Gasteiger partial charge in [0.05, 0.1) is 0 Å². The third kappa shape index (κ3) is 10.1. The molecule has 0 rings (SSSR count). The van der Waals surface area contributed by atoms with Crippen molar-refractivity contribution in [3.8, 4) is 0 Å². The summed E-state index contributed by atoms with van der Waals surface area (Å²) < 4.78 is 0. The lowest BCUT2D eigenvalue weighted by Gasteiger charge is -2.16. The quantitative estimate of drug-likeness (QED) is 0.400. The van der Waals surface area contributed by atoms with E-state index in [-0.39, 0.29) is 0 Å². The Bertz CT molecular complexity index is 112. The van der Waals surface area contributed by atoms with Crippen molar-refractivity contribution in [1.29, 1.82) is 0 Å². The van der Waals surface area contributed by atoms with Gasteiger partial charge in [-0.15, -0.1) is 0 Å². The molecule has 0 aromatic heterocycles. The zero-order valence-electron chi connectivity index (χ0n) is 10.3. The summed E-state index contributed by atoms with van der Waals surface area (Å²) in [5.41, 5.74) is 0. The number of rotatable bonds is 10. The Morgan fingerprint density at radius 1 is 1.00 bits per heavy atom. The zero-order valence-corrected chi connectivity index (χ0v) is 10.3. The molecular formula is C10H26B2N2. The van der Waals surface area contributed by atoms with Crippen LogP contribution in [-0.2, 0) is 0 Å². The minimum Gasteiger partial charge on any atom is -0.362 e. The Balaban J connectivity index is 3.06. The Morgan fingerprint density at radius 3 is 2.21 bits per heavy atom. The molecule has 0 amide bonds.